The van der Waals surface area contributed by atoms with E-state index in [-0.39, 0.29) is 0 Å². The monoisotopic (exact) mass is 276 g/mol. The van der Waals surface area contributed by atoms with Crippen LogP contribution in [-0.4, -0.2) is 7.05 Å². The van der Waals surface area contributed by atoms with Crippen LogP contribution in [0.15, 0.2) is 60.7 Å². The SMILES string of the molecule is Cc1ccccc1N(C)Cc1cc2ccccc2cc1N. The van der Waals surface area contributed by atoms with Crippen molar-refractivity contribution in [3.05, 3.63) is 71.8 Å². The second-order valence-electron chi connectivity index (χ2n) is 5.54. The summed E-state index contributed by atoms with van der Waals surface area (Å²) in [6, 6.07) is 21.0. The summed E-state index contributed by atoms with van der Waals surface area (Å²) in [5, 5.41) is 2.43. The van der Waals surface area contributed by atoms with Crippen molar-refractivity contribution >= 4 is 22.1 Å². The minimum atomic E-state index is 0.807. The average Bonchev–Trinajstić information content (AvgIpc) is 2.48. The zero-order valence-corrected chi connectivity index (χ0v) is 12.5. The normalized spacial score (nSPS) is 10.8. The summed E-state index contributed by atoms with van der Waals surface area (Å²) in [6.07, 6.45) is 0. The van der Waals surface area contributed by atoms with Crippen LogP contribution in [0.3, 0.4) is 0 Å². The lowest BCUT2D eigenvalue weighted by molar-refractivity contribution is 0.921. The smallest absolute Gasteiger partial charge is 0.0446 e. The molecule has 0 atom stereocenters. The molecule has 0 aliphatic carbocycles. The van der Waals surface area contributed by atoms with Gasteiger partial charge in [-0.15, -0.1) is 0 Å². The van der Waals surface area contributed by atoms with Gasteiger partial charge in [-0.2, -0.15) is 0 Å². The molecule has 0 fully saturated rings. The van der Waals surface area contributed by atoms with Gasteiger partial charge >= 0.3 is 0 Å². The molecule has 0 saturated carbocycles. The number of benzene rings is 3. The quantitative estimate of drug-likeness (QED) is 0.720. The first kappa shape index (κ1) is 13.5. The maximum absolute atomic E-state index is 6.22. The number of hydrogen-bond acceptors (Lipinski definition) is 2. The fraction of sp³-hybridized carbons (Fsp3) is 0.158. The lowest BCUT2D eigenvalue weighted by atomic mass is 10.0. The molecule has 0 unspecified atom stereocenters. The Balaban J connectivity index is 1.94. The van der Waals surface area contributed by atoms with Crippen LogP contribution < -0.4 is 10.6 Å². The molecule has 3 aromatic rings. The molecule has 2 nitrogen and oxygen atoms in total. The van der Waals surface area contributed by atoms with Crippen LogP contribution in [0, 0.1) is 6.92 Å². The maximum Gasteiger partial charge on any atom is 0.0446 e. The predicted molar refractivity (Wildman–Crippen MR) is 91.6 cm³/mol. The summed E-state index contributed by atoms with van der Waals surface area (Å²) in [7, 11) is 2.11. The van der Waals surface area contributed by atoms with Crippen molar-refractivity contribution in [3.8, 4) is 0 Å². The van der Waals surface area contributed by atoms with Crippen LogP contribution in [-0.2, 0) is 6.54 Å². The van der Waals surface area contributed by atoms with E-state index in [4.69, 9.17) is 5.73 Å². The first-order valence-corrected chi connectivity index (χ1v) is 7.19. The van der Waals surface area contributed by atoms with Crippen molar-refractivity contribution < 1.29 is 0 Å². The number of anilines is 2. The number of hydrogen-bond donors (Lipinski definition) is 1. The van der Waals surface area contributed by atoms with Gasteiger partial charge in [0.1, 0.15) is 0 Å². The Morgan fingerprint density at radius 2 is 1.52 bits per heavy atom. The topological polar surface area (TPSA) is 29.3 Å². The highest BCUT2D eigenvalue weighted by Crippen LogP contribution is 2.25. The van der Waals surface area contributed by atoms with E-state index >= 15 is 0 Å². The van der Waals surface area contributed by atoms with Gasteiger partial charge in [0, 0.05) is 25.0 Å². The number of nitrogens with zero attached hydrogens (tertiary/aromatic N) is 1. The van der Waals surface area contributed by atoms with E-state index in [1.54, 1.807) is 0 Å². The summed E-state index contributed by atoms with van der Waals surface area (Å²) in [5.74, 6) is 0. The molecule has 0 saturated heterocycles. The van der Waals surface area contributed by atoms with Crippen LogP contribution in [0.1, 0.15) is 11.1 Å². The summed E-state index contributed by atoms with van der Waals surface area (Å²) in [6.45, 7) is 2.94. The molecule has 3 aromatic carbocycles. The van der Waals surface area contributed by atoms with Crippen molar-refractivity contribution in [2.24, 2.45) is 0 Å². The van der Waals surface area contributed by atoms with Gasteiger partial charge in [0.25, 0.3) is 0 Å². The Hall–Kier alpha value is -2.48. The number of para-hydroxylation sites is 1. The Morgan fingerprint density at radius 3 is 2.24 bits per heavy atom. The molecule has 0 aliphatic rings. The first-order valence-electron chi connectivity index (χ1n) is 7.19. The fourth-order valence-corrected chi connectivity index (χ4v) is 2.77. The number of nitrogen functional groups attached to an aromatic ring is 1. The third kappa shape index (κ3) is 2.70. The van der Waals surface area contributed by atoms with Gasteiger partial charge in [0.05, 0.1) is 0 Å². The molecular weight excluding hydrogens is 256 g/mol. The Labute approximate surface area is 125 Å². The zero-order valence-electron chi connectivity index (χ0n) is 12.5. The highest BCUT2D eigenvalue weighted by molar-refractivity contribution is 5.86. The number of fused-ring (bicyclic) bond motifs is 1. The third-order valence-electron chi connectivity index (χ3n) is 3.94. The zero-order chi connectivity index (χ0) is 14.8. The summed E-state index contributed by atoms with van der Waals surface area (Å²) < 4.78 is 0. The molecule has 0 bridgehead atoms. The third-order valence-corrected chi connectivity index (χ3v) is 3.94. The van der Waals surface area contributed by atoms with Gasteiger partial charge in [-0.25, -0.2) is 0 Å². The van der Waals surface area contributed by atoms with Crippen LogP contribution >= 0.6 is 0 Å². The molecule has 2 heteroatoms. The number of rotatable bonds is 3. The van der Waals surface area contributed by atoms with E-state index in [2.05, 4.69) is 73.5 Å². The van der Waals surface area contributed by atoms with Crippen molar-refractivity contribution in [2.75, 3.05) is 17.7 Å². The van der Waals surface area contributed by atoms with Crippen molar-refractivity contribution in [2.45, 2.75) is 13.5 Å². The fourth-order valence-electron chi connectivity index (χ4n) is 2.77. The van der Waals surface area contributed by atoms with Gasteiger partial charge in [0.15, 0.2) is 0 Å². The van der Waals surface area contributed by atoms with Crippen LogP contribution in [0.2, 0.25) is 0 Å². The van der Waals surface area contributed by atoms with E-state index in [9.17, 15) is 0 Å². The molecule has 0 amide bonds. The molecule has 0 aliphatic heterocycles. The van der Waals surface area contributed by atoms with Gasteiger partial charge in [-0.3, -0.25) is 0 Å². The average molecular weight is 276 g/mol. The predicted octanol–water partition coefficient (Wildman–Crippen LogP) is 4.37. The summed E-state index contributed by atoms with van der Waals surface area (Å²) in [5.41, 5.74) is 10.8. The van der Waals surface area contributed by atoms with Gasteiger partial charge in [0.2, 0.25) is 0 Å². The Bertz CT molecular complexity index is 777. The number of aryl methyl sites for hydroxylation is 1. The van der Waals surface area contributed by atoms with Crippen LogP contribution in [0.5, 0.6) is 0 Å². The van der Waals surface area contributed by atoms with E-state index in [1.807, 2.05) is 6.07 Å². The first-order chi connectivity index (χ1) is 10.1. The van der Waals surface area contributed by atoms with E-state index in [1.165, 1.54) is 27.6 Å². The summed E-state index contributed by atoms with van der Waals surface area (Å²) >= 11 is 0. The number of nitrogens with two attached hydrogens (primary N) is 1. The molecule has 0 spiro atoms. The van der Waals surface area contributed by atoms with Gasteiger partial charge in [-0.05, 0) is 47.0 Å². The standard InChI is InChI=1S/C19H20N2/c1-14-7-3-6-10-19(14)21(2)13-17-11-15-8-4-5-9-16(15)12-18(17)20/h3-12H,13,20H2,1-2H3. The van der Waals surface area contributed by atoms with E-state index in [0.717, 1.165) is 12.2 Å². The van der Waals surface area contributed by atoms with Crippen molar-refractivity contribution in [1.29, 1.82) is 0 Å². The minimum Gasteiger partial charge on any atom is -0.398 e. The Morgan fingerprint density at radius 1 is 0.905 bits per heavy atom. The Kier molecular flexibility index (Phi) is 3.53. The molecule has 0 heterocycles. The molecule has 106 valence electrons. The largest absolute Gasteiger partial charge is 0.398 e. The summed E-state index contributed by atoms with van der Waals surface area (Å²) in [4.78, 5) is 2.25. The van der Waals surface area contributed by atoms with Crippen molar-refractivity contribution in [3.63, 3.8) is 0 Å². The highest BCUT2D eigenvalue weighted by atomic mass is 15.1. The second kappa shape index (κ2) is 5.49. The second-order valence-corrected chi connectivity index (χ2v) is 5.54. The van der Waals surface area contributed by atoms with Crippen molar-refractivity contribution in [1.82, 2.24) is 0 Å². The molecule has 3 rings (SSSR count). The van der Waals surface area contributed by atoms with Crippen LogP contribution in [0.4, 0.5) is 11.4 Å². The molecule has 21 heavy (non-hydrogen) atoms. The van der Waals surface area contributed by atoms with E-state index in [0.29, 0.717) is 0 Å². The highest BCUT2D eigenvalue weighted by Gasteiger charge is 2.08. The maximum atomic E-state index is 6.22. The lowest BCUT2D eigenvalue weighted by Crippen LogP contribution is -2.18. The van der Waals surface area contributed by atoms with E-state index < -0.39 is 0 Å². The molecule has 0 radical (unpaired) electrons. The molecule has 2 N–H and O–H groups in total. The lowest BCUT2D eigenvalue weighted by Gasteiger charge is -2.22. The molecule has 0 aromatic heterocycles. The van der Waals surface area contributed by atoms with Gasteiger partial charge < -0.3 is 10.6 Å². The van der Waals surface area contributed by atoms with Gasteiger partial charge in [-0.1, -0.05) is 42.5 Å². The van der Waals surface area contributed by atoms with Crippen LogP contribution in [0.25, 0.3) is 10.8 Å². The molecular formula is C19H20N2. The minimum absolute atomic E-state index is 0.807.